The van der Waals surface area contributed by atoms with Gasteiger partial charge in [-0.1, -0.05) is 23.4 Å². The van der Waals surface area contributed by atoms with Gasteiger partial charge in [-0.25, -0.2) is 4.79 Å². The summed E-state index contributed by atoms with van der Waals surface area (Å²) in [5.74, 6) is 0.926. The Morgan fingerprint density at radius 1 is 1.25 bits per heavy atom. The summed E-state index contributed by atoms with van der Waals surface area (Å²) in [5, 5.41) is 14.4. The fraction of sp³-hybridized carbons (Fsp3) is 0.333. The van der Waals surface area contributed by atoms with Crippen LogP contribution in [0.5, 0.6) is 0 Å². The number of carbonyl (C=O) groups excluding carboxylic acids is 2. The minimum Gasteiger partial charge on any atom is -0.341 e. The van der Waals surface area contributed by atoms with Gasteiger partial charge in [-0.2, -0.15) is 0 Å². The Labute approximate surface area is 149 Å². The molecule has 2 N–H and O–H groups in total. The summed E-state index contributed by atoms with van der Waals surface area (Å²) in [6.07, 6.45) is 0.213. The van der Waals surface area contributed by atoms with Gasteiger partial charge in [-0.3, -0.25) is 10.1 Å². The number of thioether (sulfide) groups is 1. The molecule has 2 aromatic rings. The standard InChI is InChI=1S/C15H18ClN5O2S/c1-3-21-13(10-4-6-11(16)7-5-10)19-20-15(21)24-9-8-12(22)18-14(23)17-2/h4-7H,3,8-9H2,1-2H3,(H2,17,18,22,23). The van der Waals surface area contributed by atoms with Crippen molar-refractivity contribution in [1.82, 2.24) is 25.4 Å². The summed E-state index contributed by atoms with van der Waals surface area (Å²) >= 11 is 7.33. The smallest absolute Gasteiger partial charge is 0.321 e. The third-order valence-electron chi connectivity index (χ3n) is 3.18. The first-order valence-corrected chi connectivity index (χ1v) is 8.75. The summed E-state index contributed by atoms with van der Waals surface area (Å²) in [6, 6.07) is 6.89. The molecule has 0 aliphatic heterocycles. The third-order valence-corrected chi connectivity index (χ3v) is 4.40. The lowest BCUT2D eigenvalue weighted by Gasteiger charge is -2.07. The number of aromatic nitrogens is 3. The van der Waals surface area contributed by atoms with Crippen molar-refractivity contribution in [2.45, 2.75) is 25.0 Å². The second-order valence-corrected chi connectivity index (χ2v) is 6.28. The van der Waals surface area contributed by atoms with Crippen LogP contribution in [0.4, 0.5) is 4.79 Å². The number of nitrogens with zero attached hydrogens (tertiary/aromatic N) is 3. The van der Waals surface area contributed by atoms with Crippen molar-refractivity contribution in [2.75, 3.05) is 12.8 Å². The van der Waals surface area contributed by atoms with Crippen molar-refractivity contribution in [3.8, 4) is 11.4 Å². The number of imide groups is 1. The predicted octanol–water partition coefficient (Wildman–Crippen LogP) is 2.56. The van der Waals surface area contributed by atoms with Gasteiger partial charge in [-0.05, 0) is 31.2 Å². The Hall–Kier alpha value is -2.06. The number of urea groups is 1. The van der Waals surface area contributed by atoms with Crippen LogP contribution in [0.3, 0.4) is 0 Å². The molecule has 0 bridgehead atoms. The fourth-order valence-corrected chi connectivity index (χ4v) is 3.05. The largest absolute Gasteiger partial charge is 0.341 e. The molecule has 1 aromatic carbocycles. The molecule has 1 heterocycles. The van der Waals surface area contributed by atoms with Crippen LogP contribution < -0.4 is 10.6 Å². The SMILES string of the molecule is CCn1c(SCCC(=O)NC(=O)NC)nnc1-c1ccc(Cl)cc1. The molecule has 0 aliphatic rings. The summed E-state index contributed by atoms with van der Waals surface area (Å²) in [6.45, 7) is 2.71. The first-order valence-electron chi connectivity index (χ1n) is 7.38. The maximum absolute atomic E-state index is 11.6. The van der Waals surface area contributed by atoms with E-state index in [4.69, 9.17) is 11.6 Å². The van der Waals surface area contributed by atoms with Gasteiger partial charge in [-0.15, -0.1) is 10.2 Å². The van der Waals surface area contributed by atoms with E-state index in [0.717, 1.165) is 16.5 Å². The maximum atomic E-state index is 11.6. The average Bonchev–Trinajstić information content (AvgIpc) is 2.98. The van der Waals surface area contributed by atoms with E-state index in [9.17, 15) is 9.59 Å². The van der Waals surface area contributed by atoms with Crippen LogP contribution in [0.1, 0.15) is 13.3 Å². The van der Waals surface area contributed by atoms with Gasteiger partial charge >= 0.3 is 6.03 Å². The van der Waals surface area contributed by atoms with Crippen molar-refractivity contribution in [1.29, 1.82) is 0 Å². The van der Waals surface area contributed by atoms with Crippen LogP contribution in [0.15, 0.2) is 29.4 Å². The molecule has 0 spiro atoms. The maximum Gasteiger partial charge on any atom is 0.321 e. The van der Waals surface area contributed by atoms with Gasteiger partial charge in [0, 0.05) is 36.4 Å². The lowest BCUT2D eigenvalue weighted by atomic mass is 10.2. The van der Waals surface area contributed by atoms with E-state index < -0.39 is 6.03 Å². The van der Waals surface area contributed by atoms with Gasteiger partial charge in [0.25, 0.3) is 0 Å². The zero-order chi connectivity index (χ0) is 17.5. The van der Waals surface area contributed by atoms with Gasteiger partial charge in [0.1, 0.15) is 0 Å². The lowest BCUT2D eigenvalue weighted by molar-refractivity contribution is -0.119. The normalized spacial score (nSPS) is 10.5. The van der Waals surface area contributed by atoms with E-state index in [1.807, 2.05) is 35.8 Å². The van der Waals surface area contributed by atoms with Crippen LogP contribution in [0.2, 0.25) is 5.02 Å². The highest BCUT2D eigenvalue weighted by Gasteiger charge is 2.14. The Morgan fingerprint density at radius 3 is 2.58 bits per heavy atom. The first-order chi connectivity index (χ1) is 11.5. The van der Waals surface area contributed by atoms with Crippen LogP contribution in [0, 0.1) is 0 Å². The van der Waals surface area contributed by atoms with Crippen LogP contribution in [-0.2, 0) is 11.3 Å². The van der Waals surface area contributed by atoms with Crippen molar-refractivity contribution in [3.05, 3.63) is 29.3 Å². The molecule has 7 nitrogen and oxygen atoms in total. The van der Waals surface area contributed by atoms with Gasteiger partial charge in [0.15, 0.2) is 11.0 Å². The van der Waals surface area contributed by atoms with E-state index in [1.54, 1.807) is 0 Å². The molecule has 0 atom stereocenters. The van der Waals surface area contributed by atoms with E-state index in [0.29, 0.717) is 17.3 Å². The summed E-state index contributed by atoms with van der Waals surface area (Å²) in [7, 11) is 1.46. The molecular formula is C15H18ClN5O2S. The minimum absolute atomic E-state index is 0.213. The quantitative estimate of drug-likeness (QED) is 0.766. The highest BCUT2D eigenvalue weighted by atomic mass is 35.5. The molecule has 0 saturated heterocycles. The number of rotatable bonds is 6. The highest BCUT2D eigenvalue weighted by Crippen LogP contribution is 2.25. The third kappa shape index (κ3) is 4.72. The molecular weight excluding hydrogens is 350 g/mol. The number of nitrogens with one attached hydrogen (secondary N) is 2. The molecule has 128 valence electrons. The zero-order valence-electron chi connectivity index (χ0n) is 13.4. The molecule has 9 heteroatoms. The number of hydrogen-bond acceptors (Lipinski definition) is 5. The van der Waals surface area contributed by atoms with E-state index in [-0.39, 0.29) is 12.3 Å². The van der Waals surface area contributed by atoms with Crippen LogP contribution in [0.25, 0.3) is 11.4 Å². The lowest BCUT2D eigenvalue weighted by Crippen LogP contribution is -2.37. The topological polar surface area (TPSA) is 88.9 Å². The van der Waals surface area contributed by atoms with Crippen molar-refractivity contribution < 1.29 is 9.59 Å². The minimum atomic E-state index is -0.508. The first kappa shape index (κ1) is 18.3. The van der Waals surface area contributed by atoms with Crippen molar-refractivity contribution in [3.63, 3.8) is 0 Å². The fourth-order valence-electron chi connectivity index (χ4n) is 1.98. The van der Waals surface area contributed by atoms with E-state index >= 15 is 0 Å². The Morgan fingerprint density at radius 2 is 1.96 bits per heavy atom. The molecule has 0 radical (unpaired) electrons. The van der Waals surface area contributed by atoms with E-state index in [1.165, 1.54) is 18.8 Å². The summed E-state index contributed by atoms with van der Waals surface area (Å²) < 4.78 is 1.98. The van der Waals surface area contributed by atoms with Gasteiger partial charge in [0.2, 0.25) is 5.91 Å². The number of amides is 3. The Kier molecular flexibility index (Phi) is 6.62. The van der Waals surface area contributed by atoms with Gasteiger partial charge < -0.3 is 9.88 Å². The van der Waals surface area contributed by atoms with Gasteiger partial charge in [0.05, 0.1) is 0 Å². The highest BCUT2D eigenvalue weighted by molar-refractivity contribution is 7.99. The molecule has 2 rings (SSSR count). The van der Waals surface area contributed by atoms with Crippen LogP contribution >= 0.6 is 23.4 Å². The van der Waals surface area contributed by atoms with Crippen molar-refractivity contribution >= 4 is 35.3 Å². The monoisotopic (exact) mass is 367 g/mol. The number of hydrogen-bond donors (Lipinski definition) is 2. The second kappa shape index (κ2) is 8.70. The van der Waals surface area contributed by atoms with Crippen molar-refractivity contribution in [2.24, 2.45) is 0 Å². The van der Waals surface area contributed by atoms with E-state index in [2.05, 4.69) is 20.8 Å². The molecule has 0 aliphatic carbocycles. The molecule has 0 fully saturated rings. The molecule has 24 heavy (non-hydrogen) atoms. The number of halogens is 1. The Balaban J connectivity index is 2.00. The second-order valence-electron chi connectivity index (χ2n) is 4.78. The molecule has 0 unspecified atom stereocenters. The van der Waals surface area contributed by atoms with Crippen LogP contribution in [-0.4, -0.2) is 39.5 Å². The number of carbonyl (C=O) groups is 2. The summed E-state index contributed by atoms with van der Waals surface area (Å²) in [5.41, 5.74) is 0.929. The number of benzene rings is 1. The predicted molar refractivity (Wildman–Crippen MR) is 94.1 cm³/mol. The molecule has 0 saturated carbocycles. The molecule has 3 amide bonds. The Bertz CT molecular complexity index is 717. The average molecular weight is 368 g/mol. The zero-order valence-corrected chi connectivity index (χ0v) is 14.9. The summed E-state index contributed by atoms with van der Waals surface area (Å²) in [4.78, 5) is 22.6. The molecule has 1 aromatic heterocycles.